The molecule has 0 atom stereocenters. The first-order valence-electron chi connectivity index (χ1n) is 4.96. The zero-order chi connectivity index (χ0) is 10.4. The molecule has 5 nitrogen and oxygen atoms in total. The molecule has 1 amide bonds. The lowest BCUT2D eigenvalue weighted by Gasteiger charge is -2.28. The Hall–Kier alpha value is -0.810. The lowest BCUT2D eigenvalue weighted by molar-refractivity contribution is 0.125. The maximum absolute atomic E-state index is 11.1. The van der Waals surface area contributed by atoms with Crippen molar-refractivity contribution in [2.45, 2.75) is 0 Å². The highest BCUT2D eigenvalue weighted by molar-refractivity contribution is 5.66. The molecule has 1 N–H and O–H groups in total. The monoisotopic (exact) mass is 201 g/mol. The summed E-state index contributed by atoms with van der Waals surface area (Å²) in [7, 11) is 3.16. The summed E-state index contributed by atoms with van der Waals surface area (Å²) in [4.78, 5) is 15.0. The molecule has 0 aromatic heterocycles. The van der Waals surface area contributed by atoms with Gasteiger partial charge in [-0.2, -0.15) is 0 Å². The van der Waals surface area contributed by atoms with Crippen LogP contribution in [0.2, 0.25) is 0 Å². The highest BCUT2D eigenvalue weighted by Gasteiger charge is 2.12. The molecule has 0 aromatic carbocycles. The smallest absolute Gasteiger partial charge is 0.409 e. The first-order chi connectivity index (χ1) is 6.74. The van der Waals surface area contributed by atoms with Crippen molar-refractivity contribution in [1.29, 1.82) is 0 Å². The normalized spacial score (nSPS) is 17.9. The van der Waals surface area contributed by atoms with Crippen LogP contribution in [-0.2, 0) is 4.74 Å². The maximum Gasteiger partial charge on any atom is 0.409 e. The summed E-state index contributed by atoms with van der Waals surface area (Å²) in [6.07, 6.45) is -0.264. The fourth-order valence-electron chi connectivity index (χ4n) is 1.47. The molecule has 5 heteroatoms. The molecule has 0 aliphatic carbocycles. The number of likely N-dealkylation sites (N-methyl/N-ethyl adjacent to an activating group) is 1. The van der Waals surface area contributed by atoms with E-state index in [9.17, 15) is 4.79 Å². The summed E-state index contributed by atoms with van der Waals surface area (Å²) < 4.78 is 4.61. The van der Waals surface area contributed by atoms with Crippen molar-refractivity contribution < 1.29 is 9.53 Å². The average Bonchev–Trinajstić information content (AvgIpc) is 2.26. The Kier molecular flexibility index (Phi) is 4.69. The van der Waals surface area contributed by atoms with Crippen molar-refractivity contribution >= 4 is 6.09 Å². The molecule has 1 rings (SSSR count). The number of ether oxygens (including phenoxy) is 1. The van der Waals surface area contributed by atoms with E-state index in [0.29, 0.717) is 0 Å². The SMILES string of the molecule is COC(=O)N(C)CCN1CCNCC1. The Morgan fingerprint density at radius 1 is 1.50 bits per heavy atom. The summed E-state index contributed by atoms with van der Waals surface area (Å²) >= 11 is 0. The second-order valence-corrected chi connectivity index (χ2v) is 3.48. The average molecular weight is 201 g/mol. The van der Waals surface area contributed by atoms with Gasteiger partial charge in [0.2, 0.25) is 0 Å². The molecular weight excluding hydrogens is 182 g/mol. The van der Waals surface area contributed by atoms with Crippen molar-refractivity contribution in [3.63, 3.8) is 0 Å². The van der Waals surface area contributed by atoms with Crippen LogP contribution in [-0.4, -0.2) is 69.3 Å². The van der Waals surface area contributed by atoms with Gasteiger partial charge in [-0.05, 0) is 0 Å². The van der Waals surface area contributed by atoms with Crippen LogP contribution in [0.3, 0.4) is 0 Å². The van der Waals surface area contributed by atoms with Gasteiger partial charge >= 0.3 is 6.09 Å². The van der Waals surface area contributed by atoms with Crippen LogP contribution in [0.4, 0.5) is 4.79 Å². The molecule has 0 saturated carbocycles. The second kappa shape index (κ2) is 5.82. The van der Waals surface area contributed by atoms with E-state index in [1.165, 1.54) is 7.11 Å². The van der Waals surface area contributed by atoms with E-state index in [1.54, 1.807) is 11.9 Å². The number of nitrogens with one attached hydrogen (secondary N) is 1. The molecule has 1 heterocycles. The lowest BCUT2D eigenvalue weighted by Crippen LogP contribution is -2.46. The van der Waals surface area contributed by atoms with Crippen LogP contribution in [0.1, 0.15) is 0 Å². The minimum absolute atomic E-state index is 0.264. The first kappa shape index (κ1) is 11.3. The lowest BCUT2D eigenvalue weighted by atomic mass is 10.3. The first-order valence-corrected chi connectivity index (χ1v) is 4.96. The number of carbonyl (C=O) groups is 1. The Labute approximate surface area is 85.0 Å². The van der Waals surface area contributed by atoms with Crippen molar-refractivity contribution in [1.82, 2.24) is 15.1 Å². The summed E-state index contributed by atoms with van der Waals surface area (Å²) in [5.74, 6) is 0. The maximum atomic E-state index is 11.1. The molecule has 1 saturated heterocycles. The van der Waals surface area contributed by atoms with E-state index in [4.69, 9.17) is 0 Å². The van der Waals surface area contributed by atoms with E-state index in [0.717, 1.165) is 39.3 Å². The second-order valence-electron chi connectivity index (χ2n) is 3.48. The molecule has 1 aliphatic rings. The standard InChI is InChI=1S/C9H19N3O2/c1-11(9(13)14-2)7-8-12-5-3-10-4-6-12/h10H,3-8H2,1-2H3. The minimum Gasteiger partial charge on any atom is -0.453 e. The Morgan fingerprint density at radius 2 is 2.14 bits per heavy atom. The van der Waals surface area contributed by atoms with Crippen LogP contribution in [0.5, 0.6) is 0 Å². The highest BCUT2D eigenvalue weighted by atomic mass is 16.5. The number of nitrogens with zero attached hydrogens (tertiary/aromatic N) is 2. The quantitative estimate of drug-likeness (QED) is 0.674. The fourth-order valence-corrected chi connectivity index (χ4v) is 1.47. The van der Waals surface area contributed by atoms with Gasteiger partial charge in [0, 0.05) is 46.3 Å². The number of hydrogen-bond donors (Lipinski definition) is 1. The fraction of sp³-hybridized carbons (Fsp3) is 0.889. The molecule has 1 aliphatic heterocycles. The molecule has 0 unspecified atom stereocenters. The van der Waals surface area contributed by atoms with Gasteiger partial charge in [-0.1, -0.05) is 0 Å². The third-order valence-corrected chi connectivity index (χ3v) is 2.45. The molecule has 0 aromatic rings. The molecule has 1 fully saturated rings. The summed E-state index contributed by atoms with van der Waals surface area (Å²) in [6.45, 7) is 5.87. The molecular formula is C9H19N3O2. The van der Waals surface area contributed by atoms with Crippen LogP contribution < -0.4 is 5.32 Å². The Morgan fingerprint density at radius 3 is 2.71 bits per heavy atom. The van der Waals surface area contributed by atoms with E-state index < -0.39 is 0 Å². The van der Waals surface area contributed by atoms with Crippen molar-refractivity contribution in [3.8, 4) is 0 Å². The topological polar surface area (TPSA) is 44.8 Å². The third kappa shape index (κ3) is 3.51. The van der Waals surface area contributed by atoms with Gasteiger partial charge in [-0.3, -0.25) is 4.90 Å². The predicted molar refractivity (Wildman–Crippen MR) is 54.3 cm³/mol. The predicted octanol–water partition coefficient (Wildman–Crippen LogP) is -0.410. The minimum atomic E-state index is -0.264. The van der Waals surface area contributed by atoms with Crippen molar-refractivity contribution in [2.24, 2.45) is 0 Å². The van der Waals surface area contributed by atoms with Crippen molar-refractivity contribution in [3.05, 3.63) is 0 Å². The van der Waals surface area contributed by atoms with Gasteiger partial charge < -0.3 is 15.0 Å². The summed E-state index contributed by atoms with van der Waals surface area (Å²) in [5, 5.41) is 3.29. The van der Waals surface area contributed by atoms with E-state index in [1.807, 2.05) is 0 Å². The number of carbonyl (C=O) groups excluding carboxylic acids is 1. The zero-order valence-corrected chi connectivity index (χ0v) is 8.95. The summed E-state index contributed by atoms with van der Waals surface area (Å²) in [6, 6.07) is 0. The van der Waals surface area contributed by atoms with Gasteiger partial charge in [0.15, 0.2) is 0 Å². The van der Waals surface area contributed by atoms with Gasteiger partial charge in [-0.25, -0.2) is 4.79 Å². The zero-order valence-electron chi connectivity index (χ0n) is 8.95. The third-order valence-electron chi connectivity index (χ3n) is 2.45. The molecule has 0 spiro atoms. The number of hydrogen-bond acceptors (Lipinski definition) is 4. The van der Waals surface area contributed by atoms with E-state index in [-0.39, 0.29) is 6.09 Å². The molecule has 0 bridgehead atoms. The summed E-state index contributed by atoms with van der Waals surface area (Å²) in [5.41, 5.74) is 0. The Bertz CT molecular complexity index is 181. The van der Waals surface area contributed by atoms with Gasteiger partial charge in [0.1, 0.15) is 0 Å². The highest BCUT2D eigenvalue weighted by Crippen LogP contribution is 1.94. The Balaban J connectivity index is 2.15. The van der Waals surface area contributed by atoms with Gasteiger partial charge in [-0.15, -0.1) is 0 Å². The molecule has 14 heavy (non-hydrogen) atoms. The number of rotatable bonds is 3. The van der Waals surface area contributed by atoms with Gasteiger partial charge in [0.05, 0.1) is 7.11 Å². The molecule has 82 valence electrons. The van der Waals surface area contributed by atoms with Crippen LogP contribution >= 0.6 is 0 Å². The number of amides is 1. The van der Waals surface area contributed by atoms with E-state index >= 15 is 0 Å². The van der Waals surface area contributed by atoms with E-state index in [2.05, 4.69) is 15.0 Å². The van der Waals surface area contributed by atoms with Gasteiger partial charge in [0.25, 0.3) is 0 Å². The van der Waals surface area contributed by atoms with Crippen LogP contribution in [0, 0.1) is 0 Å². The van der Waals surface area contributed by atoms with Crippen molar-refractivity contribution in [2.75, 3.05) is 53.4 Å². The number of piperazine rings is 1. The molecule has 0 radical (unpaired) electrons. The van der Waals surface area contributed by atoms with Crippen LogP contribution in [0.25, 0.3) is 0 Å². The number of methoxy groups -OCH3 is 1. The van der Waals surface area contributed by atoms with Crippen LogP contribution in [0.15, 0.2) is 0 Å². The largest absolute Gasteiger partial charge is 0.453 e.